The van der Waals surface area contributed by atoms with E-state index in [0.29, 0.717) is 12.6 Å². The van der Waals surface area contributed by atoms with Gasteiger partial charge in [-0.25, -0.2) is 0 Å². The third-order valence-corrected chi connectivity index (χ3v) is 5.37. The molecule has 0 radical (unpaired) electrons. The minimum atomic E-state index is 0.470. The molecule has 0 amide bonds. The maximum atomic E-state index is 5.55. The maximum absolute atomic E-state index is 5.55. The smallest absolute Gasteiger partial charge is 0.120 e. The Hall–Kier alpha value is -0.540. The fraction of sp³-hybridized carbons (Fsp3) is 0.625. The molecule has 0 spiro atoms. The van der Waals surface area contributed by atoms with Gasteiger partial charge in [-0.1, -0.05) is 22.0 Å². The Morgan fingerprint density at radius 2 is 2.05 bits per heavy atom. The summed E-state index contributed by atoms with van der Waals surface area (Å²) in [5, 5.41) is 3.52. The first-order valence-electron chi connectivity index (χ1n) is 7.32. The summed E-state index contributed by atoms with van der Waals surface area (Å²) < 4.78 is 6.72. The molecule has 2 aliphatic rings. The van der Waals surface area contributed by atoms with E-state index in [4.69, 9.17) is 4.74 Å². The van der Waals surface area contributed by atoms with E-state index in [1.165, 1.54) is 29.3 Å². The topological polar surface area (TPSA) is 21.3 Å². The van der Waals surface area contributed by atoms with Crippen molar-refractivity contribution in [2.45, 2.75) is 32.2 Å². The van der Waals surface area contributed by atoms with Gasteiger partial charge in [-0.05, 0) is 68.7 Å². The number of nitrogens with one attached hydrogen (secondary N) is 1. The molecule has 104 valence electrons. The van der Waals surface area contributed by atoms with Crippen LogP contribution in [0.3, 0.4) is 0 Å². The molecular weight excluding hydrogens is 302 g/mol. The second-order valence-electron chi connectivity index (χ2n) is 5.87. The minimum Gasteiger partial charge on any atom is -0.494 e. The Labute approximate surface area is 124 Å². The van der Waals surface area contributed by atoms with Crippen molar-refractivity contribution >= 4 is 15.9 Å². The maximum Gasteiger partial charge on any atom is 0.120 e. The van der Waals surface area contributed by atoms with Crippen molar-refractivity contribution < 1.29 is 4.74 Å². The van der Waals surface area contributed by atoms with Crippen LogP contribution in [0.4, 0.5) is 0 Å². The quantitative estimate of drug-likeness (QED) is 0.878. The van der Waals surface area contributed by atoms with E-state index in [1.54, 1.807) is 0 Å². The van der Waals surface area contributed by atoms with Gasteiger partial charge in [0.05, 0.1) is 6.61 Å². The van der Waals surface area contributed by atoms with E-state index in [-0.39, 0.29) is 0 Å². The van der Waals surface area contributed by atoms with Gasteiger partial charge >= 0.3 is 0 Å². The fourth-order valence-corrected chi connectivity index (χ4v) is 4.30. The standard InChI is InChI=1S/C16H22BrNO/c1-3-19-13-4-5-14(15(17)9-13)16(18-2)12-7-10-6-11(10)8-12/h4-5,9-12,16,18H,3,6-8H2,1-2H3. The molecule has 0 aliphatic heterocycles. The van der Waals surface area contributed by atoms with Crippen molar-refractivity contribution in [3.63, 3.8) is 0 Å². The molecule has 2 nitrogen and oxygen atoms in total. The second-order valence-corrected chi connectivity index (χ2v) is 6.72. The molecule has 3 atom stereocenters. The summed E-state index contributed by atoms with van der Waals surface area (Å²) in [6, 6.07) is 6.86. The molecule has 1 N–H and O–H groups in total. The lowest BCUT2D eigenvalue weighted by molar-refractivity contribution is 0.338. The van der Waals surface area contributed by atoms with Gasteiger partial charge < -0.3 is 10.1 Å². The summed E-state index contributed by atoms with van der Waals surface area (Å²) in [5.41, 5.74) is 1.37. The summed E-state index contributed by atoms with van der Waals surface area (Å²) >= 11 is 3.71. The molecule has 19 heavy (non-hydrogen) atoms. The zero-order valence-electron chi connectivity index (χ0n) is 11.7. The molecule has 3 unspecified atom stereocenters. The molecule has 3 heteroatoms. The highest BCUT2D eigenvalue weighted by Crippen LogP contribution is 2.57. The SMILES string of the molecule is CCOc1ccc(C(NC)C2CC3CC3C2)c(Br)c1. The van der Waals surface area contributed by atoms with Crippen molar-refractivity contribution in [3.8, 4) is 5.75 Å². The van der Waals surface area contributed by atoms with Crippen molar-refractivity contribution in [1.82, 2.24) is 5.32 Å². The molecule has 0 heterocycles. The molecular formula is C16H22BrNO. The van der Waals surface area contributed by atoms with Crippen molar-refractivity contribution in [1.29, 1.82) is 0 Å². The normalized spacial score (nSPS) is 29.9. The Morgan fingerprint density at radius 1 is 1.32 bits per heavy atom. The van der Waals surface area contributed by atoms with Gasteiger partial charge in [-0.3, -0.25) is 0 Å². The first-order chi connectivity index (χ1) is 9.22. The monoisotopic (exact) mass is 323 g/mol. The molecule has 3 rings (SSSR count). The van der Waals surface area contributed by atoms with Crippen LogP contribution < -0.4 is 10.1 Å². The second kappa shape index (κ2) is 5.45. The Kier molecular flexibility index (Phi) is 3.86. The Bertz CT molecular complexity index is 452. The lowest BCUT2D eigenvalue weighted by Crippen LogP contribution is -2.24. The third-order valence-electron chi connectivity index (χ3n) is 4.68. The lowest BCUT2D eigenvalue weighted by Gasteiger charge is -2.26. The largest absolute Gasteiger partial charge is 0.494 e. The Morgan fingerprint density at radius 3 is 2.63 bits per heavy atom. The molecule has 0 saturated heterocycles. The molecule has 1 aromatic carbocycles. The van der Waals surface area contributed by atoms with E-state index < -0.39 is 0 Å². The Balaban J connectivity index is 1.78. The predicted octanol–water partition coefficient (Wildman–Crippen LogP) is 4.15. The van der Waals surface area contributed by atoms with Gasteiger partial charge in [0.1, 0.15) is 5.75 Å². The number of fused-ring (bicyclic) bond motifs is 1. The van der Waals surface area contributed by atoms with Gasteiger partial charge in [-0.2, -0.15) is 0 Å². The minimum absolute atomic E-state index is 0.470. The van der Waals surface area contributed by atoms with Crippen LogP contribution in [0.1, 0.15) is 37.8 Å². The summed E-state index contributed by atoms with van der Waals surface area (Å²) in [6.45, 7) is 2.73. The lowest BCUT2D eigenvalue weighted by atomic mass is 9.89. The predicted molar refractivity (Wildman–Crippen MR) is 81.4 cm³/mol. The zero-order valence-corrected chi connectivity index (χ0v) is 13.2. The number of ether oxygens (including phenoxy) is 1. The van der Waals surface area contributed by atoms with Gasteiger partial charge in [0.15, 0.2) is 0 Å². The number of hydrogen-bond acceptors (Lipinski definition) is 2. The summed E-state index contributed by atoms with van der Waals surface area (Å²) in [4.78, 5) is 0. The van der Waals surface area contributed by atoms with Gasteiger partial charge in [0, 0.05) is 10.5 Å². The van der Waals surface area contributed by atoms with Crippen molar-refractivity contribution in [2.24, 2.45) is 17.8 Å². The average Bonchev–Trinajstić information content (AvgIpc) is 3.00. The first-order valence-corrected chi connectivity index (χ1v) is 8.11. The molecule has 2 aliphatic carbocycles. The number of halogens is 1. The highest BCUT2D eigenvalue weighted by Gasteiger charge is 2.48. The van der Waals surface area contributed by atoms with Crippen LogP contribution in [0.15, 0.2) is 22.7 Å². The van der Waals surface area contributed by atoms with Crippen LogP contribution >= 0.6 is 15.9 Å². The molecule has 0 bridgehead atoms. The third kappa shape index (κ3) is 2.68. The number of hydrogen-bond donors (Lipinski definition) is 1. The molecule has 1 aromatic rings. The average molecular weight is 324 g/mol. The van der Waals surface area contributed by atoms with Crippen molar-refractivity contribution in [2.75, 3.05) is 13.7 Å². The van der Waals surface area contributed by atoms with Crippen LogP contribution in [0.5, 0.6) is 5.75 Å². The van der Waals surface area contributed by atoms with E-state index in [2.05, 4.69) is 46.5 Å². The van der Waals surface area contributed by atoms with Gasteiger partial charge in [0.25, 0.3) is 0 Å². The van der Waals surface area contributed by atoms with Crippen LogP contribution in [0, 0.1) is 17.8 Å². The summed E-state index contributed by atoms with van der Waals surface area (Å²) in [6.07, 6.45) is 4.28. The van der Waals surface area contributed by atoms with Crippen LogP contribution in [-0.4, -0.2) is 13.7 Å². The highest BCUT2D eigenvalue weighted by atomic mass is 79.9. The van der Waals surface area contributed by atoms with Crippen molar-refractivity contribution in [3.05, 3.63) is 28.2 Å². The summed E-state index contributed by atoms with van der Waals surface area (Å²) in [7, 11) is 2.08. The van der Waals surface area contributed by atoms with Crippen LogP contribution in [0.2, 0.25) is 0 Å². The van der Waals surface area contributed by atoms with Crippen LogP contribution in [0.25, 0.3) is 0 Å². The number of benzene rings is 1. The number of rotatable bonds is 5. The van der Waals surface area contributed by atoms with E-state index in [9.17, 15) is 0 Å². The van der Waals surface area contributed by atoms with Gasteiger partial charge in [0.2, 0.25) is 0 Å². The highest BCUT2D eigenvalue weighted by molar-refractivity contribution is 9.10. The van der Waals surface area contributed by atoms with E-state index in [1.807, 2.05) is 6.92 Å². The van der Waals surface area contributed by atoms with Gasteiger partial charge in [-0.15, -0.1) is 0 Å². The molecule has 2 saturated carbocycles. The van der Waals surface area contributed by atoms with E-state index in [0.717, 1.165) is 23.5 Å². The molecule has 0 aromatic heterocycles. The molecule has 2 fully saturated rings. The van der Waals surface area contributed by atoms with E-state index >= 15 is 0 Å². The fourth-order valence-electron chi connectivity index (χ4n) is 3.70. The zero-order chi connectivity index (χ0) is 13.4. The first kappa shape index (κ1) is 13.4. The van der Waals surface area contributed by atoms with Crippen LogP contribution in [-0.2, 0) is 0 Å². The summed E-state index contributed by atoms with van der Waals surface area (Å²) in [5.74, 6) is 3.80.